The third kappa shape index (κ3) is 4.36. The monoisotopic (exact) mass is 235 g/mol. The molecule has 1 rings (SSSR count). The van der Waals surface area contributed by atoms with E-state index < -0.39 is 17.9 Å². The number of hydrogen-bond acceptors (Lipinski definition) is 3. The highest BCUT2D eigenvalue weighted by molar-refractivity contribution is 6.04. The SMILES string of the molecule is CC(C)[C@H](O)CC(=O)NC(=O)c1ccccc1. The Balaban J connectivity index is 2.50. The van der Waals surface area contributed by atoms with E-state index in [0.717, 1.165) is 0 Å². The minimum Gasteiger partial charge on any atom is -0.392 e. The molecule has 2 N–H and O–H groups in total. The molecule has 17 heavy (non-hydrogen) atoms. The molecule has 4 heteroatoms. The first-order valence-electron chi connectivity index (χ1n) is 5.58. The quantitative estimate of drug-likeness (QED) is 0.827. The highest BCUT2D eigenvalue weighted by Gasteiger charge is 2.16. The first-order valence-corrected chi connectivity index (χ1v) is 5.58. The summed E-state index contributed by atoms with van der Waals surface area (Å²) in [6, 6.07) is 8.49. The summed E-state index contributed by atoms with van der Waals surface area (Å²) in [5.41, 5.74) is 0.430. The highest BCUT2D eigenvalue weighted by atomic mass is 16.3. The van der Waals surface area contributed by atoms with Crippen LogP contribution >= 0.6 is 0 Å². The van der Waals surface area contributed by atoms with Gasteiger partial charge in [-0.2, -0.15) is 0 Å². The van der Waals surface area contributed by atoms with Crippen molar-refractivity contribution in [2.24, 2.45) is 5.92 Å². The Kier molecular flexibility index (Phi) is 4.84. The van der Waals surface area contributed by atoms with Crippen molar-refractivity contribution < 1.29 is 14.7 Å². The second kappa shape index (κ2) is 6.15. The molecule has 0 spiro atoms. The second-order valence-corrected chi connectivity index (χ2v) is 4.26. The molecule has 0 saturated carbocycles. The van der Waals surface area contributed by atoms with Gasteiger partial charge in [0.15, 0.2) is 0 Å². The summed E-state index contributed by atoms with van der Waals surface area (Å²) in [5, 5.41) is 11.8. The second-order valence-electron chi connectivity index (χ2n) is 4.26. The smallest absolute Gasteiger partial charge is 0.257 e. The fourth-order valence-corrected chi connectivity index (χ4v) is 1.27. The summed E-state index contributed by atoms with van der Waals surface area (Å²) in [6.07, 6.45) is -0.783. The van der Waals surface area contributed by atoms with Crippen LogP contribution in [0.2, 0.25) is 0 Å². The zero-order valence-electron chi connectivity index (χ0n) is 10.0. The van der Waals surface area contributed by atoms with Crippen LogP contribution in [0, 0.1) is 5.92 Å². The number of imide groups is 1. The van der Waals surface area contributed by atoms with Gasteiger partial charge in [-0.05, 0) is 18.1 Å². The maximum Gasteiger partial charge on any atom is 0.257 e. The van der Waals surface area contributed by atoms with Crippen molar-refractivity contribution in [3.63, 3.8) is 0 Å². The van der Waals surface area contributed by atoms with Gasteiger partial charge in [0.25, 0.3) is 5.91 Å². The largest absolute Gasteiger partial charge is 0.392 e. The Bertz CT molecular complexity index is 387. The van der Waals surface area contributed by atoms with Crippen LogP contribution in [0.5, 0.6) is 0 Å². The molecular weight excluding hydrogens is 218 g/mol. The molecule has 0 bridgehead atoms. The van der Waals surface area contributed by atoms with Crippen molar-refractivity contribution in [2.75, 3.05) is 0 Å². The van der Waals surface area contributed by atoms with E-state index in [4.69, 9.17) is 0 Å². The molecule has 0 fully saturated rings. The van der Waals surface area contributed by atoms with Crippen LogP contribution in [0.15, 0.2) is 30.3 Å². The van der Waals surface area contributed by atoms with Gasteiger partial charge in [0, 0.05) is 5.56 Å². The lowest BCUT2D eigenvalue weighted by molar-refractivity contribution is -0.122. The lowest BCUT2D eigenvalue weighted by atomic mass is 10.0. The molecule has 0 aliphatic heterocycles. The third-order valence-electron chi connectivity index (χ3n) is 2.45. The molecule has 0 aliphatic carbocycles. The Morgan fingerprint density at radius 2 is 1.82 bits per heavy atom. The van der Waals surface area contributed by atoms with E-state index in [1.165, 1.54) is 0 Å². The third-order valence-corrected chi connectivity index (χ3v) is 2.45. The first kappa shape index (κ1) is 13.4. The summed E-state index contributed by atoms with van der Waals surface area (Å²) in [7, 11) is 0. The molecule has 2 amide bonds. The van der Waals surface area contributed by atoms with E-state index in [2.05, 4.69) is 5.32 Å². The lowest BCUT2D eigenvalue weighted by Crippen LogP contribution is -2.34. The standard InChI is InChI=1S/C13H17NO3/c1-9(2)11(15)8-12(16)14-13(17)10-6-4-3-5-7-10/h3-7,9,11,15H,8H2,1-2H3,(H,14,16,17)/t11-/m1/s1. The van der Waals surface area contributed by atoms with Crippen LogP contribution in [0.25, 0.3) is 0 Å². The molecule has 0 radical (unpaired) electrons. The number of aliphatic hydroxyl groups excluding tert-OH is 1. The van der Waals surface area contributed by atoms with Gasteiger partial charge in [-0.3, -0.25) is 14.9 Å². The summed E-state index contributed by atoms with van der Waals surface area (Å²) < 4.78 is 0. The Labute approximate surface area is 101 Å². The maximum absolute atomic E-state index is 11.6. The van der Waals surface area contributed by atoms with Crippen LogP contribution in [0.4, 0.5) is 0 Å². The van der Waals surface area contributed by atoms with Crippen molar-refractivity contribution in [3.8, 4) is 0 Å². The molecule has 1 aromatic carbocycles. The van der Waals surface area contributed by atoms with Crippen LogP contribution < -0.4 is 5.32 Å². The lowest BCUT2D eigenvalue weighted by Gasteiger charge is -2.13. The van der Waals surface area contributed by atoms with Gasteiger partial charge in [0.05, 0.1) is 12.5 Å². The molecule has 0 aliphatic rings. The summed E-state index contributed by atoms with van der Waals surface area (Å²) in [4.78, 5) is 23.0. The van der Waals surface area contributed by atoms with Crippen molar-refractivity contribution >= 4 is 11.8 Å². The van der Waals surface area contributed by atoms with Crippen LogP contribution in [0.3, 0.4) is 0 Å². The van der Waals surface area contributed by atoms with Crippen LogP contribution in [0.1, 0.15) is 30.6 Å². The topological polar surface area (TPSA) is 66.4 Å². The first-order chi connectivity index (χ1) is 8.00. The summed E-state index contributed by atoms with van der Waals surface area (Å²) >= 11 is 0. The fraction of sp³-hybridized carbons (Fsp3) is 0.385. The van der Waals surface area contributed by atoms with Gasteiger partial charge in [-0.25, -0.2) is 0 Å². The maximum atomic E-state index is 11.6. The molecule has 1 atom stereocenters. The number of benzene rings is 1. The van der Waals surface area contributed by atoms with Crippen molar-refractivity contribution in [2.45, 2.75) is 26.4 Å². The van der Waals surface area contributed by atoms with Crippen molar-refractivity contribution in [3.05, 3.63) is 35.9 Å². The van der Waals surface area contributed by atoms with E-state index in [9.17, 15) is 14.7 Å². The summed E-state index contributed by atoms with van der Waals surface area (Å²) in [6.45, 7) is 3.63. The van der Waals surface area contributed by atoms with Crippen molar-refractivity contribution in [1.82, 2.24) is 5.32 Å². The number of amides is 2. The molecule has 1 aromatic rings. The number of carbonyl (C=O) groups is 2. The molecule has 4 nitrogen and oxygen atoms in total. The molecule has 0 heterocycles. The average Bonchev–Trinajstić information content (AvgIpc) is 2.29. The van der Waals surface area contributed by atoms with Crippen LogP contribution in [-0.4, -0.2) is 23.0 Å². The van der Waals surface area contributed by atoms with Gasteiger partial charge in [0.2, 0.25) is 5.91 Å². The average molecular weight is 235 g/mol. The van der Waals surface area contributed by atoms with E-state index in [0.29, 0.717) is 5.56 Å². The number of nitrogens with one attached hydrogen (secondary N) is 1. The number of carbonyl (C=O) groups excluding carboxylic acids is 2. The van der Waals surface area contributed by atoms with Gasteiger partial charge >= 0.3 is 0 Å². The summed E-state index contributed by atoms with van der Waals surface area (Å²) in [5.74, 6) is -0.904. The molecule has 0 aromatic heterocycles. The zero-order chi connectivity index (χ0) is 12.8. The van der Waals surface area contributed by atoms with E-state index in [1.54, 1.807) is 30.3 Å². The zero-order valence-corrected chi connectivity index (χ0v) is 10.0. The van der Waals surface area contributed by atoms with E-state index in [-0.39, 0.29) is 12.3 Å². The predicted octanol–water partition coefficient (Wildman–Crippen LogP) is 1.35. The molecule has 0 saturated heterocycles. The van der Waals surface area contributed by atoms with Gasteiger partial charge in [-0.15, -0.1) is 0 Å². The number of hydrogen-bond donors (Lipinski definition) is 2. The normalized spacial score (nSPS) is 12.2. The fourth-order valence-electron chi connectivity index (χ4n) is 1.27. The van der Waals surface area contributed by atoms with E-state index in [1.807, 2.05) is 13.8 Å². The van der Waals surface area contributed by atoms with Gasteiger partial charge in [-0.1, -0.05) is 32.0 Å². The number of rotatable bonds is 4. The van der Waals surface area contributed by atoms with Gasteiger partial charge < -0.3 is 5.11 Å². The van der Waals surface area contributed by atoms with Crippen molar-refractivity contribution in [1.29, 1.82) is 0 Å². The van der Waals surface area contributed by atoms with E-state index >= 15 is 0 Å². The van der Waals surface area contributed by atoms with Crippen LogP contribution in [-0.2, 0) is 4.79 Å². The highest BCUT2D eigenvalue weighted by Crippen LogP contribution is 2.05. The minimum absolute atomic E-state index is 0.00687. The Morgan fingerprint density at radius 3 is 2.35 bits per heavy atom. The Morgan fingerprint density at radius 1 is 1.24 bits per heavy atom. The molecule has 92 valence electrons. The Hall–Kier alpha value is -1.68. The molecular formula is C13H17NO3. The number of aliphatic hydroxyl groups is 1. The van der Waals surface area contributed by atoms with Gasteiger partial charge in [0.1, 0.15) is 0 Å². The minimum atomic E-state index is -0.724. The predicted molar refractivity (Wildman–Crippen MR) is 64.4 cm³/mol. The molecule has 0 unspecified atom stereocenters.